The predicted octanol–water partition coefficient (Wildman–Crippen LogP) is -4.63. The molecule has 0 aliphatic carbocycles. The van der Waals surface area contributed by atoms with Gasteiger partial charge in [-0.15, -0.1) is 0 Å². The molecule has 0 unspecified atom stereocenters. The van der Waals surface area contributed by atoms with Crippen molar-refractivity contribution >= 4 is 53.2 Å². The van der Waals surface area contributed by atoms with E-state index in [0.29, 0.717) is 5.75 Å². The Morgan fingerprint density at radius 2 is 1.33 bits per heavy atom. The molecular weight excluding hydrogens is 578 g/mol. The Morgan fingerprint density at radius 1 is 0.762 bits per heavy atom. The number of carboxylic acid groups (broad SMARTS) is 1. The van der Waals surface area contributed by atoms with Gasteiger partial charge in [0.1, 0.15) is 36.8 Å². The largest absolute Gasteiger partial charge is 0.480 e. The summed E-state index contributed by atoms with van der Waals surface area (Å²) < 4.78 is 0. The van der Waals surface area contributed by atoms with Crippen molar-refractivity contribution < 1.29 is 48.9 Å². The second-order valence-corrected chi connectivity index (χ2v) is 10.7. The van der Waals surface area contributed by atoms with Crippen molar-refractivity contribution in [1.29, 1.82) is 0 Å². The second-order valence-electron chi connectivity index (χ2n) is 9.70. The van der Waals surface area contributed by atoms with E-state index in [0.717, 1.165) is 0 Å². The summed E-state index contributed by atoms with van der Waals surface area (Å²) in [6.07, 6.45) is 0.746. The number of carbonyl (C=O) groups excluding carboxylic acids is 6. The molecule has 17 nitrogen and oxygen atoms in total. The molecule has 0 aliphatic heterocycles. The molecule has 240 valence electrons. The lowest BCUT2D eigenvalue weighted by molar-refractivity contribution is -0.139. The van der Waals surface area contributed by atoms with E-state index in [1.54, 1.807) is 20.1 Å². The predicted molar refractivity (Wildman–Crippen MR) is 152 cm³/mol. The van der Waals surface area contributed by atoms with Gasteiger partial charge in [-0.3, -0.25) is 33.6 Å². The number of aliphatic carboxylic acids is 1. The van der Waals surface area contributed by atoms with Gasteiger partial charge in [0, 0.05) is 0 Å². The van der Waals surface area contributed by atoms with Gasteiger partial charge in [0.05, 0.1) is 19.3 Å². The maximum Gasteiger partial charge on any atom is 0.322 e. The number of aliphatic hydroxyl groups excluding tert-OH is 2. The number of carboxylic acids is 1. The molecule has 0 saturated carbocycles. The number of hydrogen-bond donors (Lipinski definition) is 10. The number of nitrogens with one attached hydrogen (secondary N) is 6. The normalized spacial score (nSPS) is 15.2. The Morgan fingerprint density at radius 3 is 1.83 bits per heavy atom. The number of nitrogens with two attached hydrogens (primary N) is 1. The van der Waals surface area contributed by atoms with Gasteiger partial charge in [-0.25, -0.2) is 0 Å². The first kappa shape index (κ1) is 38.5. The Balaban J connectivity index is 5.23. The SMILES string of the molecule is CSCC[C@H](NC(=O)CNC(=O)[C@H](C)NC(=O)[C@@H](N)[C@@H](C)O)C(=O)N[C@@H](CO)C(=O)N[C@H](C(=O)NCC(=O)O)C(C)C. The number of carbonyl (C=O) groups is 7. The van der Waals surface area contributed by atoms with Crippen molar-refractivity contribution in [1.82, 2.24) is 31.9 Å². The topological polar surface area (TPSA) is 278 Å². The molecule has 11 N–H and O–H groups in total. The van der Waals surface area contributed by atoms with Gasteiger partial charge in [-0.05, 0) is 38.2 Å². The molecule has 0 fully saturated rings. The molecule has 6 atom stereocenters. The van der Waals surface area contributed by atoms with Gasteiger partial charge in [-0.2, -0.15) is 11.8 Å². The third-order valence-corrected chi connectivity index (χ3v) is 6.38. The van der Waals surface area contributed by atoms with Crippen LogP contribution in [0.3, 0.4) is 0 Å². The van der Waals surface area contributed by atoms with E-state index in [9.17, 15) is 43.8 Å². The van der Waals surface area contributed by atoms with Crippen LogP contribution in [-0.4, -0.2) is 125 Å². The molecule has 6 amide bonds. The van der Waals surface area contributed by atoms with E-state index in [2.05, 4.69) is 31.9 Å². The van der Waals surface area contributed by atoms with Crippen LogP contribution in [0.25, 0.3) is 0 Å². The quantitative estimate of drug-likeness (QED) is 0.0652. The highest BCUT2D eigenvalue weighted by Gasteiger charge is 2.31. The van der Waals surface area contributed by atoms with E-state index < -0.39 is 103 Å². The Kier molecular flexibility index (Phi) is 18.0. The summed E-state index contributed by atoms with van der Waals surface area (Å²) in [5.41, 5.74) is 5.51. The summed E-state index contributed by atoms with van der Waals surface area (Å²) in [6.45, 7) is 3.78. The van der Waals surface area contributed by atoms with E-state index in [1.165, 1.54) is 25.6 Å². The molecule has 0 aromatic heterocycles. The van der Waals surface area contributed by atoms with E-state index >= 15 is 0 Å². The molecular formula is C24H43N7O10S. The first-order valence-corrected chi connectivity index (χ1v) is 14.5. The van der Waals surface area contributed by atoms with Crippen LogP contribution in [0.5, 0.6) is 0 Å². The highest BCUT2D eigenvalue weighted by atomic mass is 32.2. The van der Waals surface area contributed by atoms with Crippen LogP contribution < -0.4 is 37.6 Å². The van der Waals surface area contributed by atoms with Crippen LogP contribution in [0.4, 0.5) is 0 Å². The molecule has 0 radical (unpaired) electrons. The number of amides is 6. The zero-order valence-electron chi connectivity index (χ0n) is 24.3. The van der Waals surface area contributed by atoms with Crippen molar-refractivity contribution in [2.45, 2.75) is 70.4 Å². The van der Waals surface area contributed by atoms with E-state index in [-0.39, 0.29) is 6.42 Å². The molecule has 18 heteroatoms. The number of hydrogen-bond acceptors (Lipinski definition) is 11. The fourth-order valence-electron chi connectivity index (χ4n) is 3.19. The van der Waals surface area contributed by atoms with Crippen LogP contribution in [-0.2, 0) is 33.6 Å². The Labute approximate surface area is 247 Å². The highest BCUT2D eigenvalue weighted by Crippen LogP contribution is 2.05. The number of aliphatic hydroxyl groups is 2. The Hall–Kier alpha value is -3.48. The standard InChI is InChI=1S/C24H43N7O10S/c1-11(2)19(24(41)27-9-17(35)36)31-22(39)15(10-32)30-21(38)14(6-7-42-5)29-16(34)8-26-20(37)12(3)28-23(40)18(25)13(4)33/h11-15,18-19,32-33H,6-10,25H2,1-5H3,(H,26,37)(H,27,41)(H,28,40)(H,29,34)(H,30,38)(H,31,39)(H,35,36)/t12-,13+,14-,15-,18-,19-/m0/s1. The van der Waals surface area contributed by atoms with Crippen molar-refractivity contribution in [3.05, 3.63) is 0 Å². The van der Waals surface area contributed by atoms with E-state index in [1.807, 2.05) is 0 Å². The molecule has 0 spiro atoms. The molecule has 0 bridgehead atoms. The van der Waals surface area contributed by atoms with Crippen molar-refractivity contribution in [3.63, 3.8) is 0 Å². The zero-order chi connectivity index (χ0) is 32.6. The average molecular weight is 622 g/mol. The minimum absolute atomic E-state index is 0.127. The number of thioether (sulfide) groups is 1. The van der Waals surface area contributed by atoms with Gasteiger partial charge in [0.2, 0.25) is 35.4 Å². The van der Waals surface area contributed by atoms with E-state index in [4.69, 9.17) is 10.8 Å². The molecule has 0 saturated heterocycles. The monoisotopic (exact) mass is 621 g/mol. The molecule has 0 aromatic carbocycles. The first-order valence-electron chi connectivity index (χ1n) is 13.1. The van der Waals surface area contributed by atoms with Crippen LogP contribution >= 0.6 is 11.8 Å². The van der Waals surface area contributed by atoms with Crippen molar-refractivity contribution in [3.8, 4) is 0 Å². The van der Waals surface area contributed by atoms with Gasteiger partial charge in [0.15, 0.2) is 0 Å². The maximum atomic E-state index is 12.9. The fourth-order valence-corrected chi connectivity index (χ4v) is 3.66. The third-order valence-electron chi connectivity index (χ3n) is 5.74. The molecule has 42 heavy (non-hydrogen) atoms. The van der Waals surface area contributed by atoms with Crippen LogP contribution in [0.15, 0.2) is 0 Å². The highest BCUT2D eigenvalue weighted by molar-refractivity contribution is 7.98. The maximum absolute atomic E-state index is 12.9. The number of rotatable bonds is 19. The third kappa shape index (κ3) is 14.4. The van der Waals surface area contributed by atoms with Crippen LogP contribution in [0.1, 0.15) is 34.1 Å². The summed E-state index contributed by atoms with van der Waals surface area (Å²) in [5, 5.41) is 41.8. The summed E-state index contributed by atoms with van der Waals surface area (Å²) in [5.74, 6) is -6.08. The molecule has 0 aromatic rings. The van der Waals surface area contributed by atoms with Crippen LogP contribution in [0, 0.1) is 5.92 Å². The minimum Gasteiger partial charge on any atom is -0.480 e. The lowest BCUT2D eigenvalue weighted by Crippen LogP contribution is -2.59. The summed E-state index contributed by atoms with van der Waals surface area (Å²) in [4.78, 5) is 85.4. The smallest absolute Gasteiger partial charge is 0.322 e. The van der Waals surface area contributed by atoms with Gasteiger partial charge in [-0.1, -0.05) is 13.8 Å². The molecule has 0 aliphatic rings. The summed E-state index contributed by atoms with van der Waals surface area (Å²) in [6, 6.07) is -6.17. The van der Waals surface area contributed by atoms with Gasteiger partial charge in [0.25, 0.3) is 0 Å². The lowest BCUT2D eigenvalue weighted by atomic mass is 10.0. The lowest BCUT2D eigenvalue weighted by Gasteiger charge is -2.26. The van der Waals surface area contributed by atoms with Crippen molar-refractivity contribution in [2.24, 2.45) is 11.7 Å². The fraction of sp³-hybridized carbons (Fsp3) is 0.708. The Bertz CT molecular complexity index is 966. The molecule has 0 heterocycles. The average Bonchev–Trinajstić information content (AvgIpc) is 2.92. The molecule has 0 rings (SSSR count). The summed E-state index contributed by atoms with van der Waals surface area (Å²) in [7, 11) is 0. The first-order chi connectivity index (χ1) is 19.5. The summed E-state index contributed by atoms with van der Waals surface area (Å²) >= 11 is 1.37. The van der Waals surface area contributed by atoms with Gasteiger partial charge < -0.3 is 53.0 Å². The second kappa shape index (κ2) is 19.6. The van der Waals surface area contributed by atoms with Crippen molar-refractivity contribution in [2.75, 3.05) is 31.7 Å². The zero-order valence-corrected chi connectivity index (χ0v) is 25.1. The van der Waals surface area contributed by atoms with Crippen LogP contribution in [0.2, 0.25) is 0 Å². The minimum atomic E-state index is -1.50. The van der Waals surface area contributed by atoms with Gasteiger partial charge >= 0.3 is 5.97 Å².